The summed E-state index contributed by atoms with van der Waals surface area (Å²) in [7, 11) is 1.97. The number of amides is 1. The molecule has 7 nitrogen and oxygen atoms in total. The van der Waals surface area contributed by atoms with Crippen molar-refractivity contribution in [3.05, 3.63) is 53.9 Å². The lowest BCUT2D eigenvalue weighted by molar-refractivity contribution is -0.192. The summed E-state index contributed by atoms with van der Waals surface area (Å²) in [5.74, 6) is -2.25. The summed E-state index contributed by atoms with van der Waals surface area (Å²) < 4.78 is 33.7. The van der Waals surface area contributed by atoms with Crippen LogP contribution in [0.4, 0.5) is 13.2 Å². The van der Waals surface area contributed by atoms with Crippen molar-refractivity contribution in [1.82, 2.24) is 20.0 Å². The van der Waals surface area contributed by atoms with Crippen molar-refractivity contribution in [3.8, 4) is 0 Å². The zero-order chi connectivity index (χ0) is 22.6. The molecule has 1 aromatic heterocycles. The molecule has 2 N–H and O–H groups in total. The smallest absolute Gasteiger partial charge is 0.475 e. The highest BCUT2D eigenvalue weighted by Crippen LogP contribution is 2.46. The fourth-order valence-electron chi connectivity index (χ4n) is 4.42. The number of alkyl halides is 3. The fraction of sp³-hybridized carbons (Fsp3) is 0.476. The van der Waals surface area contributed by atoms with Gasteiger partial charge in [0.25, 0.3) is 0 Å². The van der Waals surface area contributed by atoms with E-state index in [0.29, 0.717) is 12.5 Å². The van der Waals surface area contributed by atoms with Crippen molar-refractivity contribution in [2.24, 2.45) is 12.5 Å². The number of piperidine rings is 1. The summed E-state index contributed by atoms with van der Waals surface area (Å²) in [6, 6.07) is 12.3. The van der Waals surface area contributed by atoms with Crippen LogP contribution in [-0.4, -0.2) is 57.5 Å². The van der Waals surface area contributed by atoms with E-state index in [2.05, 4.69) is 33.5 Å². The summed E-state index contributed by atoms with van der Waals surface area (Å²) >= 11 is 0. The van der Waals surface area contributed by atoms with Gasteiger partial charge in [0.15, 0.2) is 0 Å². The number of aromatic nitrogens is 2. The first-order chi connectivity index (χ1) is 14.6. The number of hydrogen-bond acceptors (Lipinski definition) is 4. The quantitative estimate of drug-likeness (QED) is 0.769. The van der Waals surface area contributed by atoms with E-state index in [1.165, 1.54) is 5.56 Å². The second-order valence-corrected chi connectivity index (χ2v) is 7.84. The number of carboxylic acid groups (broad SMARTS) is 1. The van der Waals surface area contributed by atoms with Crippen molar-refractivity contribution < 1.29 is 27.9 Å². The molecule has 2 aliphatic heterocycles. The number of aliphatic carboxylic acids is 1. The van der Waals surface area contributed by atoms with E-state index >= 15 is 0 Å². The third kappa shape index (κ3) is 4.90. The van der Waals surface area contributed by atoms with Gasteiger partial charge in [0, 0.05) is 51.0 Å². The lowest BCUT2D eigenvalue weighted by atomic mass is 9.70. The van der Waals surface area contributed by atoms with Crippen LogP contribution in [0.5, 0.6) is 0 Å². The Morgan fingerprint density at radius 3 is 2.55 bits per heavy atom. The Labute approximate surface area is 177 Å². The SMILES string of the molecule is Cn1nccc1[C@H]1CNC[C@@]12CCCN(Cc1ccccc1)C2=O.O=C(O)C(F)(F)F. The lowest BCUT2D eigenvalue weighted by Gasteiger charge is -2.42. The summed E-state index contributed by atoms with van der Waals surface area (Å²) in [5.41, 5.74) is 2.04. The molecule has 0 unspecified atom stereocenters. The topological polar surface area (TPSA) is 87.5 Å². The monoisotopic (exact) mass is 438 g/mol. The highest BCUT2D eigenvalue weighted by atomic mass is 19.4. The minimum absolute atomic E-state index is 0.205. The van der Waals surface area contributed by atoms with Gasteiger partial charge >= 0.3 is 12.1 Å². The van der Waals surface area contributed by atoms with Crippen LogP contribution in [0.25, 0.3) is 0 Å². The fourth-order valence-corrected chi connectivity index (χ4v) is 4.42. The maximum atomic E-state index is 13.4. The number of likely N-dealkylation sites (tertiary alicyclic amines) is 1. The number of benzene rings is 1. The number of rotatable bonds is 3. The largest absolute Gasteiger partial charge is 0.490 e. The average molecular weight is 438 g/mol. The number of carboxylic acids is 1. The van der Waals surface area contributed by atoms with Gasteiger partial charge in [-0.15, -0.1) is 0 Å². The van der Waals surface area contributed by atoms with Gasteiger partial charge in [0.1, 0.15) is 0 Å². The normalized spacial score (nSPS) is 23.5. The molecule has 2 saturated heterocycles. The number of carbonyl (C=O) groups is 2. The molecule has 0 bridgehead atoms. The average Bonchev–Trinajstić information content (AvgIpc) is 3.32. The minimum atomic E-state index is -5.08. The molecule has 1 aromatic carbocycles. The molecule has 1 amide bonds. The van der Waals surface area contributed by atoms with Crippen molar-refractivity contribution in [2.75, 3.05) is 19.6 Å². The third-order valence-electron chi connectivity index (χ3n) is 5.89. The first kappa shape index (κ1) is 22.8. The summed E-state index contributed by atoms with van der Waals surface area (Å²) in [5, 5.41) is 14.9. The van der Waals surface area contributed by atoms with E-state index in [9.17, 15) is 18.0 Å². The third-order valence-corrected chi connectivity index (χ3v) is 5.89. The molecule has 10 heteroatoms. The molecule has 2 atom stereocenters. The predicted molar refractivity (Wildman–Crippen MR) is 106 cm³/mol. The Hall–Kier alpha value is -2.88. The van der Waals surface area contributed by atoms with Crippen molar-refractivity contribution in [3.63, 3.8) is 0 Å². The van der Waals surface area contributed by atoms with Crippen LogP contribution in [0.2, 0.25) is 0 Å². The first-order valence-electron chi connectivity index (χ1n) is 9.97. The zero-order valence-electron chi connectivity index (χ0n) is 17.1. The van der Waals surface area contributed by atoms with Crippen LogP contribution in [0.3, 0.4) is 0 Å². The van der Waals surface area contributed by atoms with Crippen LogP contribution in [-0.2, 0) is 23.2 Å². The molecular weight excluding hydrogens is 413 g/mol. The number of nitrogens with zero attached hydrogens (tertiary/aromatic N) is 3. The van der Waals surface area contributed by atoms with Gasteiger partial charge in [0.2, 0.25) is 5.91 Å². The number of aryl methyl sites for hydroxylation is 1. The van der Waals surface area contributed by atoms with Gasteiger partial charge in [-0.3, -0.25) is 9.48 Å². The molecule has 2 aromatic rings. The summed E-state index contributed by atoms with van der Waals surface area (Å²) in [6.07, 6.45) is -1.23. The molecule has 2 fully saturated rings. The van der Waals surface area contributed by atoms with Crippen LogP contribution in [0.1, 0.15) is 30.0 Å². The number of halogens is 3. The number of hydrogen-bond donors (Lipinski definition) is 2. The zero-order valence-corrected chi connectivity index (χ0v) is 17.1. The Kier molecular flexibility index (Phi) is 6.68. The maximum absolute atomic E-state index is 13.4. The van der Waals surface area contributed by atoms with Crippen molar-refractivity contribution >= 4 is 11.9 Å². The van der Waals surface area contributed by atoms with Crippen LogP contribution in [0.15, 0.2) is 42.6 Å². The standard InChI is InChI=1S/C19H24N4O.C2HF3O2/c1-22-17(8-10-21-22)16-12-20-14-19(16)9-5-11-23(18(19)24)13-15-6-3-2-4-7-15;3-2(4,5)1(6)7/h2-4,6-8,10,16,20H,5,9,11-14H2,1H3;(H,6,7)/t16-,19+;/m1./s1. The molecule has 2 aliphatic rings. The Morgan fingerprint density at radius 2 is 1.97 bits per heavy atom. The van der Waals surface area contributed by atoms with Crippen LogP contribution >= 0.6 is 0 Å². The molecule has 0 saturated carbocycles. The van der Waals surface area contributed by atoms with Gasteiger partial charge in [-0.05, 0) is 24.5 Å². The van der Waals surface area contributed by atoms with E-state index in [-0.39, 0.29) is 11.3 Å². The van der Waals surface area contributed by atoms with Gasteiger partial charge in [0.05, 0.1) is 5.41 Å². The Balaban J connectivity index is 0.000000339. The first-order valence-corrected chi connectivity index (χ1v) is 9.97. The predicted octanol–water partition coefficient (Wildman–Crippen LogP) is 2.55. The van der Waals surface area contributed by atoms with E-state index in [4.69, 9.17) is 9.90 Å². The molecule has 0 radical (unpaired) electrons. The molecule has 0 aliphatic carbocycles. The van der Waals surface area contributed by atoms with Gasteiger partial charge in [-0.1, -0.05) is 30.3 Å². The van der Waals surface area contributed by atoms with Crippen LogP contribution < -0.4 is 5.32 Å². The molecule has 31 heavy (non-hydrogen) atoms. The van der Waals surface area contributed by atoms with Gasteiger partial charge < -0.3 is 15.3 Å². The molecule has 1 spiro atoms. The van der Waals surface area contributed by atoms with E-state index in [1.807, 2.05) is 36.1 Å². The van der Waals surface area contributed by atoms with Crippen molar-refractivity contribution in [1.29, 1.82) is 0 Å². The lowest BCUT2D eigenvalue weighted by Crippen LogP contribution is -2.51. The molecule has 3 heterocycles. The highest BCUT2D eigenvalue weighted by molar-refractivity contribution is 5.85. The van der Waals surface area contributed by atoms with Crippen LogP contribution in [0, 0.1) is 5.41 Å². The van der Waals surface area contributed by atoms with Crippen molar-refractivity contribution in [2.45, 2.75) is 31.5 Å². The number of carbonyl (C=O) groups excluding carboxylic acids is 1. The van der Waals surface area contributed by atoms with Gasteiger partial charge in [-0.25, -0.2) is 4.79 Å². The molecular formula is C21H25F3N4O3. The molecule has 4 rings (SSSR count). The maximum Gasteiger partial charge on any atom is 0.490 e. The van der Waals surface area contributed by atoms with E-state index < -0.39 is 12.1 Å². The number of nitrogens with one attached hydrogen (secondary N) is 1. The summed E-state index contributed by atoms with van der Waals surface area (Å²) in [6.45, 7) is 3.19. The summed E-state index contributed by atoms with van der Waals surface area (Å²) in [4.78, 5) is 24.4. The Bertz CT molecular complexity index is 916. The van der Waals surface area contributed by atoms with E-state index in [0.717, 1.165) is 38.2 Å². The second-order valence-electron chi connectivity index (χ2n) is 7.84. The van der Waals surface area contributed by atoms with E-state index in [1.54, 1.807) is 0 Å². The highest BCUT2D eigenvalue weighted by Gasteiger charge is 2.53. The minimum Gasteiger partial charge on any atom is -0.475 e. The second kappa shape index (κ2) is 9.09. The molecule has 168 valence electrons. The Morgan fingerprint density at radius 1 is 1.29 bits per heavy atom. The van der Waals surface area contributed by atoms with Gasteiger partial charge in [-0.2, -0.15) is 18.3 Å².